The number of nitrogens with zero attached hydrogens (tertiary/aromatic N) is 2. The molecule has 2 aromatic carbocycles. The zero-order valence-electron chi connectivity index (χ0n) is 20.0. The van der Waals surface area contributed by atoms with E-state index in [1.165, 1.54) is 11.3 Å². The van der Waals surface area contributed by atoms with Crippen LogP contribution in [0.15, 0.2) is 86.2 Å². The molecule has 0 fully saturated rings. The Kier molecular flexibility index (Phi) is 8.96. The van der Waals surface area contributed by atoms with Crippen LogP contribution in [0, 0.1) is 0 Å². The first-order valence-electron chi connectivity index (χ1n) is 11.6. The average molecular weight is 461 g/mol. The lowest BCUT2D eigenvalue weighted by atomic mass is 9.95. The number of likely N-dealkylation sites (N-methyl/N-ethyl adjacent to an activating group) is 1. The molecule has 0 saturated heterocycles. The molecule has 2 heterocycles. The van der Waals surface area contributed by atoms with Crippen molar-refractivity contribution in [1.29, 1.82) is 0 Å². The molecule has 1 aliphatic rings. The Morgan fingerprint density at radius 1 is 1.18 bits per heavy atom. The molecule has 0 aliphatic carbocycles. The quantitative estimate of drug-likeness (QED) is 0.274. The van der Waals surface area contributed by atoms with Gasteiger partial charge in [-0.2, -0.15) is 0 Å². The molecule has 1 aromatic heterocycles. The molecule has 0 amide bonds. The second-order valence-corrected chi connectivity index (χ2v) is 8.50. The van der Waals surface area contributed by atoms with Crippen LogP contribution < -0.4 is 5.32 Å². The van der Waals surface area contributed by atoms with Gasteiger partial charge in [-0.1, -0.05) is 37.4 Å². The molecule has 6 heteroatoms. The Morgan fingerprint density at radius 3 is 2.59 bits per heavy atom. The van der Waals surface area contributed by atoms with E-state index < -0.39 is 0 Å². The van der Waals surface area contributed by atoms with Crippen LogP contribution in [0.2, 0.25) is 0 Å². The van der Waals surface area contributed by atoms with E-state index in [1.54, 1.807) is 30.3 Å². The molecule has 3 aromatic rings. The van der Waals surface area contributed by atoms with Crippen molar-refractivity contribution in [2.75, 3.05) is 26.7 Å². The standard InChI is InChI=1S/C22H30N4O.C6H6O/c1-5-10-23-11-7-12-26(6-2)16(3)22-14-19-18-13-17(27)8-9-20(18)24-21(19)15-25(22)4;7-6-4-2-1-3-5-6/h5-6,8-9,13,22-24,27H,1-3,7,10-12,14-15H2,4H3;1-5,7H/t22-;/m0./s1. The molecular weight excluding hydrogens is 424 g/mol. The zero-order chi connectivity index (χ0) is 24.5. The van der Waals surface area contributed by atoms with Gasteiger partial charge in [0.1, 0.15) is 11.5 Å². The van der Waals surface area contributed by atoms with E-state index >= 15 is 0 Å². The molecule has 4 N–H and O–H groups in total. The lowest BCUT2D eigenvalue weighted by molar-refractivity contribution is 0.211. The van der Waals surface area contributed by atoms with E-state index in [4.69, 9.17) is 5.11 Å². The Labute approximate surface area is 202 Å². The van der Waals surface area contributed by atoms with Crippen LogP contribution in [-0.2, 0) is 13.0 Å². The Bertz CT molecular complexity index is 1110. The van der Waals surface area contributed by atoms with Crippen molar-refractivity contribution in [2.24, 2.45) is 0 Å². The molecular formula is C28H36N4O2. The zero-order valence-corrected chi connectivity index (χ0v) is 20.0. The van der Waals surface area contributed by atoms with Gasteiger partial charge in [0.2, 0.25) is 0 Å². The third-order valence-corrected chi connectivity index (χ3v) is 6.09. The van der Waals surface area contributed by atoms with E-state index in [9.17, 15) is 5.11 Å². The smallest absolute Gasteiger partial charge is 0.116 e. The number of H-pyrrole nitrogens is 1. The number of para-hydroxylation sites is 1. The molecule has 6 nitrogen and oxygen atoms in total. The predicted molar refractivity (Wildman–Crippen MR) is 141 cm³/mol. The summed E-state index contributed by atoms with van der Waals surface area (Å²) in [6, 6.07) is 14.4. The SMILES string of the molecule is C=CCNCCCN(C=C)C(=C)[C@@H]1Cc2c([nH]c3ccc(O)cc23)CN1C.Oc1ccccc1. The van der Waals surface area contributed by atoms with Gasteiger partial charge in [0.15, 0.2) is 0 Å². The van der Waals surface area contributed by atoms with Gasteiger partial charge in [-0.05, 0) is 68.5 Å². The summed E-state index contributed by atoms with van der Waals surface area (Å²) in [7, 11) is 2.13. The average Bonchev–Trinajstić information content (AvgIpc) is 3.17. The molecule has 180 valence electrons. The minimum atomic E-state index is 0.206. The first-order chi connectivity index (χ1) is 16.4. The van der Waals surface area contributed by atoms with Crippen LogP contribution in [-0.4, -0.2) is 57.7 Å². The predicted octanol–water partition coefficient (Wildman–Crippen LogP) is 4.75. The monoisotopic (exact) mass is 460 g/mol. The summed E-state index contributed by atoms with van der Waals surface area (Å²) in [6.07, 6.45) is 5.63. The number of phenols is 2. The molecule has 0 saturated carbocycles. The maximum Gasteiger partial charge on any atom is 0.116 e. The summed E-state index contributed by atoms with van der Waals surface area (Å²) in [5, 5.41) is 23.0. The summed E-state index contributed by atoms with van der Waals surface area (Å²) in [5.41, 5.74) is 4.64. The third-order valence-electron chi connectivity index (χ3n) is 6.09. The summed E-state index contributed by atoms with van der Waals surface area (Å²) < 4.78 is 0. The van der Waals surface area contributed by atoms with Crippen molar-refractivity contribution in [1.82, 2.24) is 20.1 Å². The number of phenolic OH excluding ortho intramolecular Hbond substituents is 2. The molecule has 34 heavy (non-hydrogen) atoms. The summed E-state index contributed by atoms with van der Waals surface area (Å²) >= 11 is 0. The van der Waals surface area contributed by atoms with Crippen LogP contribution in [0.4, 0.5) is 0 Å². The summed E-state index contributed by atoms with van der Waals surface area (Å²) in [4.78, 5) is 7.98. The maximum absolute atomic E-state index is 9.89. The summed E-state index contributed by atoms with van der Waals surface area (Å²) in [6.45, 7) is 15.6. The van der Waals surface area contributed by atoms with Gasteiger partial charge in [-0.25, -0.2) is 0 Å². The number of nitrogens with one attached hydrogen (secondary N) is 2. The lowest BCUT2D eigenvalue weighted by Crippen LogP contribution is -2.42. The highest BCUT2D eigenvalue weighted by atomic mass is 16.3. The van der Waals surface area contributed by atoms with E-state index in [-0.39, 0.29) is 6.04 Å². The van der Waals surface area contributed by atoms with Crippen LogP contribution in [0.3, 0.4) is 0 Å². The number of aromatic nitrogens is 1. The molecule has 0 unspecified atom stereocenters. The number of aromatic hydroxyl groups is 2. The molecule has 0 bridgehead atoms. The van der Waals surface area contributed by atoms with Gasteiger partial charge in [-0.3, -0.25) is 4.90 Å². The largest absolute Gasteiger partial charge is 0.508 e. The minimum absolute atomic E-state index is 0.206. The van der Waals surface area contributed by atoms with Crippen molar-refractivity contribution in [3.8, 4) is 11.5 Å². The van der Waals surface area contributed by atoms with Gasteiger partial charge < -0.3 is 25.4 Å². The summed E-state index contributed by atoms with van der Waals surface area (Å²) in [5.74, 6) is 0.626. The van der Waals surface area contributed by atoms with Crippen LogP contribution in [0.25, 0.3) is 10.9 Å². The van der Waals surface area contributed by atoms with Gasteiger partial charge in [0.05, 0.1) is 6.04 Å². The first-order valence-corrected chi connectivity index (χ1v) is 11.6. The van der Waals surface area contributed by atoms with E-state index in [2.05, 4.69) is 46.9 Å². The second kappa shape index (κ2) is 12.1. The number of rotatable bonds is 9. The number of fused-ring (bicyclic) bond motifs is 3. The highest BCUT2D eigenvalue weighted by Crippen LogP contribution is 2.33. The highest BCUT2D eigenvalue weighted by molar-refractivity contribution is 5.86. The first kappa shape index (κ1) is 25.1. The van der Waals surface area contributed by atoms with Crippen LogP contribution in [0.5, 0.6) is 11.5 Å². The van der Waals surface area contributed by atoms with Gasteiger partial charge in [-0.15, -0.1) is 6.58 Å². The Balaban J connectivity index is 0.000000396. The van der Waals surface area contributed by atoms with E-state index in [1.807, 2.05) is 30.5 Å². The molecule has 0 radical (unpaired) electrons. The number of hydrogen-bond donors (Lipinski definition) is 4. The molecule has 1 atom stereocenters. The number of aromatic amines is 1. The van der Waals surface area contributed by atoms with Crippen molar-refractivity contribution in [3.63, 3.8) is 0 Å². The lowest BCUT2D eigenvalue weighted by Gasteiger charge is -2.38. The van der Waals surface area contributed by atoms with Crippen LogP contribution >= 0.6 is 0 Å². The van der Waals surface area contributed by atoms with E-state index in [0.717, 1.165) is 55.6 Å². The maximum atomic E-state index is 9.89. The number of hydrogen-bond acceptors (Lipinski definition) is 5. The fraction of sp³-hybridized carbons (Fsp3) is 0.286. The number of benzene rings is 2. The topological polar surface area (TPSA) is 74.8 Å². The normalized spacial score (nSPS) is 15.1. The second-order valence-electron chi connectivity index (χ2n) is 8.50. The van der Waals surface area contributed by atoms with Crippen molar-refractivity contribution < 1.29 is 10.2 Å². The minimum Gasteiger partial charge on any atom is -0.508 e. The molecule has 1 aliphatic heterocycles. The Morgan fingerprint density at radius 2 is 1.94 bits per heavy atom. The molecule has 4 rings (SSSR count). The highest BCUT2D eigenvalue weighted by Gasteiger charge is 2.30. The van der Waals surface area contributed by atoms with Crippen LogP contribution in [0.1, 0.15) is 17.7 Å². The van der Waals surface area contributed by atoms with E-state index in [0.29, 0.717) is 11.5 Å². The Hall–Kier alpha value is -3.48. The van der Waals surface area contributed by atoms with Crippen molar-refractivity contribution in [2.45, 2.75) is 25.4 Å². The molecule has 0 spiro atoms. The van der Waals surface area contributed by atoms with Gasteiger partial charge in [0, 0.05) is 41.9 Å². The van der Waals surface area contributed by atoms with Gasteiger partial charge >= 0.3 is 0 Å². The fourth-order valence-corrected chi connectivity index (χ4v) is 4.29. The third kappa shape index (κ3) is 6.31. The van der Waals surface area contributed by atoms with Gasteiger partial charge in [0.25, 0.3) is 0 Å². The van der Waals surface area contributed by atoms with Crippen molar-refractivity contribution >= 4 is 10.9 Å². The van der Waals surface area contributed by atoms with Crippen molar-refractivity contribution in [3.05, 3.63) is 97.5 Å². The fourth-order valence-electron chi connectivity index (χ4n) is 4.29.